The lowest BCUT2D eigenvalue weighted by Gasteiger charge is -2.12. The highest BCUT2D eigenvalue weighted by atomic mass is 35.5. The molecule has 7 heteroatoms. The lowest BCUT2D eigenvalue weighted by Crippen LogP contribution is -2.12. The molecule has 0 atom stereocenters. The zero-order valence-electron chi connectivity index (χ0n) is 9.08. The Morgan fingerprint density at radius 1 is 1.28 bits per heavy atom. The van der Waals surface area contributed by atoms with Gasteiger partial charge >= 0.3 is 6.18 Å². The van der Waals surface area contributed by atoms with E-state index in [1.807, 2.05) is 0 Å². The number of nitrogen functional groups attached to an aromatic ring is 1. The van der Waals surface area contributed by atoms with E-state index in [4.69, 9.17) is 17.3 Å². The van der Waals surface area contributed by atoms with E-state index in [0.29, 0.717) is 0 Å². The Balaban J connectivity index is 2.35. The molecule has 0 aliphatic carbocycles. The number of benzene rings is 1. The summed E-state index contributed by atoms with van der Waals surface area (Å²) in [4.78, 5) is 0. The molecule has 0 amide bonds. The lowest BCUT2D eigenvalue weighted by molar-refractivity contribution is -0.138. The van der Waals surface area contributed by atoms with Crippen molar-refractivity contribution in [2.24, 2.45) is 0 Å². The molecule has 0 spiro atoms. The summed E-state index contributed by atoms with van der Waals surface area (Å²) in [5, 5.41) is 4.05. The number of rotatable bonds is 2. The van der Waals surface area contributed by atoms with Crippen LogP contribution < -0.4 is 5.73 Å². The van der Waals surface area contributed by atoms with Gasteiger partial charge in [0.05, 0.1) is 12.1 Å². The number of alkyl halides is 3. The molecule has 2 N–H and O–H groups in total. The average Bonchev–Trinajstić information content (AvgIpc) is 2.57. The van der Waals surface area contributed by atoms with E-state index in [2.05, 4.69) is 5.10 Å². The first-order valence-electron chi connectivity index (χ1n) is 5.01. The lowest BCUT2D eigenvalue weighted by atomic mass is 10.1. The van der Waals surface area contributed by atoms with Crippen LogP contribution in [0.25, 0.3) is 0 Å². The van der Waals surface area contributed by atoms with Gasteiger partial charge in [0.1, 0.15) is 5.02 Å². The molecule has 1 aromatic carbocycles. The van der Waals surface area contributed by atoms with E-state index < -0.39 is 11.7 Å². The summed E-state index contributed by atoms with van der Waals surface area (Å²) in [6.07, 6.45) is -3.00. The van der Waals surface area contributed by atoms with Crippen LogP contribution in [0, 0.1) is 0 Å². The molecular weight excluding hydrogens is 267 g/mol. The number of aromatic nitrogens is 2. The third-order valence-electron chi connectivity index (χ3n) is 2.40. The summed E-state index contributed by atoms with van der Waals surface area (Å²) in [5.41, 5.74) is 4.86. The molecule has 0 bridgehead atoms. The fourth-order valence-corrected chi connectivity index (χ4v) is 1.75. The van der Waals surface area contributed by atoms with Crippen LogP contribution in [-0.2, 0) is 12.7 Å². The zero-order chi connectivity index (χ0) is 13.3. The molecule has 0 unspecified atom stereocenters. The maximum absolute atomic E-state index is 12.8. The summed E-state index contributed by atoms with van der Waals surface area (Å²) in [7, 11) is 0. The summed E-state index contributed by atoms with van der Waals surface area (Å²) in [6, 6.07) is 5.31. The molecular formula is C11H9ClF3N3. The highest BCUT2D eigenvalue weighted by Crippen LogP contribution is 2.32. The largest absolute Gasteiger partial charge is 0.416 e. The second-order valence-electron chi connectivity index (χ2n) is 3.71. The van der Waals surface area contributed by atoms with Crippen molar-refractivity contribution in [1.29, 1.82) is 0 Å². The van der Waals surface area contributed by atoms with Crippen molar-refractivity contribution in [2.75, 3.05) is 5.73 Å². The van der Waals surface area contributed by atoms with Gasteiger partial charge in [-0.3, -0.25) is 4.68 Å². The van der Waals surface area contributed by atoms with Crippen LogP contribution in [0.15, 0.2) is 30.5 Å². The van der Waals surface area contributed by atoms with Crippen molar-refractivity contribution in [1.82, 2.24) is 9.78 Å². The number of nitrogens with zero attached hydrogens (tertiary/aromatic N) is 2. The standard InChI is InChI=1S/C11H9ClF3N3/c12-9-6-18(17-10(9)16)5-7-3-1-2-4-8(7)11(13,14)15/h1-4,6H,5H2,(H2,16,17). The van der Waals surface area contributed by atoms with Gasteiger partial charge in [-0.25, -0.2) is 0 Å². The first-order chi connectivity index (χ1) is 8.38. The van der Waals surface area contributed by atoms with Gasteiger partial charge in [-0.2, -0.15) is 18.3 Å². The Labute approximate surface area is 106 Å². The third-order valence-corrected chi connectivity index (χ3v) is 2.69. The molecule has 2 rings (SSSR count). The van der Waals surface area contributed by atoms with Crippen LogP contribution in [-0.4, -0.2) is 9.78 Å². The van der Waals surface area contributed by atoms with E-state index >= 15 is 0 Å². The molecule has 18 heavy (non-hydrogen) atoms. The first-order valence-corrected chi connectivity index (χ1v) is 5.39. The van der Waals surface area contributed by atoms with Gasteiger partial charge in [-0.15, -0.1) is 0 Å². The fraction of sp³-hybridized carbons (Fsp3) is 0.182. The van der Waals surface area contributed by atoms with Crippen molar-refractivity contribution in [3.8, 4) is 0 Å². The Morgan fingerprint density at radius 2 is 1.94 bits per heavy atom. The molecule has 0 aliphatic rings. The minimum Gasteiger partial charge on any atom is -0.381 e. The summed E-state index contributed by atoms with van der Waals surface area (Å²) >= 11 is 5.69. The Morgan fingerprint density at radius 3 is 2.50 bits per heavy atom. The SMILES string of the molecule is Nc1nn(Cc2ccccc2C(F)(F)F)cc1Cl. The van der Waals surface area contributed by atoms with Gasteiger partial charge in [0.15, 0.2) is 5.82 Å². The summed E-state index contributed by atoms with van der Waals surface area (Å²) < 4.78 is 39.5. The quantitative estimate of drug-likeness (QED) is 0.915. The van der Waals surface area contributed by atoms with Crippen molar-refractivity contribution in [3.05, 3.63) is 46.6 Å². The number of hydrogen-bond donors (Lipinski definition) is 1. The van der Waals surface area contributed by atoms with Crippen LogP contribution >= 0.6 is 11.6 Å². The minimum absolute atomic E-state index is 0.0351. The Hall–Kier alpha value is -1.69. The molecule has 0 saturated carbocycles. The number of hydrogen-bond acceptors (Lipinski definition) is 2. The van der Waals surface area contributed by atoms with Crippen molar-refractivity contribution >= 4 is 17.4 Å². The van der Waals surface area contributed by atoms with Gasteiger partial charge in [0.2, 0.25) is 0 Å². The van der Waals surface area contributed by atoms with Crippen LogP contribution in [0.3, 0.4) is 0 Å². The smallest absolute Gasteiger partial charge is 0.381 e. The van der Waals surface area contributed by atoms with Crippen molar-refractivity contribution in [3.63, 3.8) is 0 Å². The predicted octanol–water partition coefficient (Wildman–Crippen LogP) is 3.19. The van der Waals surface area contributed by atoms with E-state index in [1.54, 1.807) is 6.07 Å². The first kappa shape index (κ1) is 12.8. The Kier molecular flexibility index (Phi) is 3.21. The maximum Gasteiger partial charge on any atom is 0.416 e. The van der Waals surface area contributed by atoms with Gasteiger partial charge < -0.3 is 5.73 Å². The Bertz CT molecular complexity index is 543. The molecule has 96 valence electrons. The highest BCUT2D eigenvalue weighted by Gasteiger charge is 2.32. The highest BCUT2D eigenvalue weighted by molar-refractivity contribution is 6.32. The monoisotopic (exact) mass is 275 g/mol. The summed E-state index contributed by atoms with van der Waals surface area (Å²) in [6.45, 7) is -0.0351. The molecule has 0 fully saturated rings. The van der Waals surface area contributed by atoms with Crippen molar-refractivity contribution < 1.29 is 13.2 Å². The molecule has 0 radical (unpaired) electrons. The van der Waals surface area contributed by atoms with Crippen LogP contribution in [0.2, 0.25) is 5.02 Å². The van der Waals surface area contributed by atoms with Gasteiger partial charge in [0, 0.05) is 6.20 Å². The van der Waals surface area contributed by atoms with E-state index in [9.17, 15) is 13.2 Å². The normalized spacial score (nSPS) is 11.8. The maximum atomic E-state index is 12.8. The topological polar surface area (TPSA) is 43.8 Å². The van der Waals surface area contributed by atoms with E-state index in [0.717, 1.165) is 6.07 Å². The number of nitrogens with two attached hydrogens (primary N) is 1. The van der Waals surface area contributed by atoms with Gasteiger partial charge in [-0.05, 0) is 11.6 Å². The molecule has 1 aromatic heterocycles. The second-order valence-corrected chi connectivity index (χ2v) is 4.12. The van der Waals surface area contributed by atoms with Gasteiger partial charge in [0.25, 0.3) is 0 Å². The van der Waals surface area contributed by atoms with Crippen LogP contribution in [0.5, 0.6) is 0 Å². The molecule has 3 nitrogen and oxygen atoms in total. The number of anilines is 1. The number of halogens is 4. The van der Waals surface area contributed by atoms with Crippen LogP contribution in [0.4, 0.5) is 19.0 Å². The van der Waals surface area contributed by atoms with Gasteiger partial charge in [-0.1, -0.05) is 29.8 Å². The predicted molar refractivity (Wildman–Crippen MR) is 62.2 cm³/mol. The second kappa shape index (κ2) is 4.53. The molecule has 0 aliphatic heterocycles. The fourth-order valence-electron chi connectivity index (χ4n) is 1.60. The zero-order valence-corrected chi connectivity index (χ0v) is 9.83. The van der Waals surface area contributed by atoms with E-state index in [1.165, 1.54) is 23.0 Å². The third kappa shape index (κ3) is 2.59. The minimum atomic E-state index is -4.39. The molecule has 0 saturated heterocycles. The van der Waals surface area contributed by atoms with Crippen LogP contribution in [0.1, 0.15) is 11.1 Å². The van der Waals surface area contributed by atoms with Crippen molar-refractivity contribution in [2.45, 2.75) is 12.7 Å². The molecule has 1 heterocycles. The average molecular weight is 276 g/mol. The summed E-state index contributed by atoms with van der Waals surface area (Å²) in [5.74, 6) is 0.0983. The van der Waals surface area contributed by atoms with E-state index in [-0.39, 0.29) is 22.9 Å². The molecule has 2 aromatic rings.